The third-order valence-electron chi connectivity index (χ3n) is 3.86. The Hall–Kier alpha value is -2.95. The van der Waals surface area contributed by atoms with Crippen LogP contribution >= 0.6 is 0 Å². The maximum Gasteiger partial charge on any atom is 0.153 e. The van der Waals surface area contributed by atoms with Gasteiger partial charge in [-0.05, 0) is 37.1 Å². The van der Waals surface area contributed by atoms with Crippen LogP contribution < -0.4 is 5.32 Å². The van der Waals surface area contributed by atoms with E-state index in [2.05, 4.69) is 27.0 Å². The molecule has 0 aliphatic heterocycles. The molecule has 0 saturated carbocycles. The first kappa shape index (κ1) is 15.0. The predicted octanol–water partition coefficient (Wildman–Crippen LogP) is 3.21. The minimum Gasteiger partial charge on any atom is -0.365 e. The van der Waals surface area contributed by atoms with Crippen molar-refractivity contribution in [3.8, 4) is 0 Å². The minimum absolute atomic E-state index is 0.631. The first-order chi connectivity index (χ1) is 11.3. The van der Waals surface area contributed by atoms with Gasteiger partial charge in [-0.15, -0.1) is 0 Å². The summed E-state index contributed by atoms with van der Waals surface area (Å²) >= 11 is 0. The fourth-order valence-corrected chi connectivity index (χ4v) is 2.72. The molecule has 2 heterocycles. The average molecular weight is 306 g/mol. The lowest BCUT2D eigenvalue weighted by Crippen LogP contribution is -2.10. The molecule has 2 aromatic heterocycles. The van der Waals surface area contributed by atoms with Crippen molar-refractivity contribution in [3.05, 3.63) is 65.8 Å². The van der Waals surface area contributed by atoms with Crippen LogP contribution in [0.1, 0.15) is 23.2 Å². The summed E-state index contributed by atoms with van der Waals surface area (Å²) in [5.41, 5.74) is 4.82. The Bertz CT molecular complexity index is 827. The molecule has 1 aliphatic rings. The SMILES string of the molecule is N=C/C=C\NC1=CC=C(Cn2cc(C=O)c3ncccc32)CC1. The van der Waals surface area contributed by atoms with E-state index in [0.717, 1.165) is 42.4 Å². The summed E-state index contributed by atoms with van der Waals surface area (Å²) in [6.45, 7) is 0.760. The maximum absolute atomic E-state index is 11.2. The summed E-state index contributed by atoms with van der Waals surface area (Å²) in [4.78, 5) is 15.5. The van der Waals surface area contributed by atoms with Gasteiger partial charge in [0.15, 0.2) is 6.29 Å². The fraction of sp³-hybridized carbons (Fsp3) is 0.167. The maximum atomic E-state index is 11.2. The zero-order chi connectivity index (χ0) is 16.1. The Morgan fingerprint density at radius 1 is 1.35 bits per heavy atom. The topological polar surface area (TPSA) is 70.8 Å². The van der Waals surface area contributed by atoms with Crippen LogP contribution in [0, 0.1) is 5.41 Å². The lowest BCUT2D eigenvalue weighted by Gasteiger charge is -2.15. The van der Waals surface area contributed by atoms with E-state index in [0.29, 0.717) is 5.56 Å². The van der Waals surface area contributed by atoms with Crippen LogP contribution in [0.15, 0.2) is 60.2 Å². The van der Waals surface area contributed by atoms with Gasteiger partial charge in [0.25, 0.3) is 0 Å². The Balaban J connectivity index is 1.79. The summed E-state index contributed by atoms with van der Waals surface area (Å²) in [6, 6.07) is 3.88. The summed E-state index contributed by atoms with van der Waals surface area (Å²) in [5.74, 6) is 0. The molecular weight excluding hydrogens is 288 g/mol. The monoisotopic (exact) mass is 306 g/mol. The molecule has 116 valence electrons. The van der Waals surface area contributed by atoms with E-state index < -0.39 is 0 Å². The number of carbonyl (C=O) groups excluding carboxylic acids is 1. The number of pyridine rings is 1. The lowest BCUT2D eigenvalue weighted by atomic mass is 10.0. The first-order valence-electron chi connectivity index (χ1n) is 7.51. The molecule has 0 unspecified atom stereocenters. The van der Waals surface area contributed by atoms with Crippen molar-refractivity contribution in [2.75, 3.05) is 0 Å². The van der Waals surface area contributed by atoms with E-state index in [4.69, 9.17) is 5.41 Å². The van der Waals surface area contributed by atoms with E-state index in [-0.39, 0.29) is 0 Å². The van der Waals surface area contributed by atoms with E-state index in [1.807, 2.05) is 18.3 Å². The number of nitrogens with one attached hydrogen (secondary N) is 2. The van der Waals surface area contributed by atoms with Gasteiger partial charge in [0.05, 0.1) is 16.6 Å². The van der Waals surface area contributed by atoms with Crippen LogP contribution in [0.4, 0.5) is 0 Å². The van der Waals surface area contributed by atoms with Crippen molar-refractivity contribution in [1.29, 1.82) is 5.41 Å². The largest absolute Gasteiger partial charge is 0.365 e. The van der Waals surface area contributed by atoms with Gasteiger partial charge < -0.3 is 15.3 Å². The quantitative estimate of drug-likeness (QED) is 0.636. The van der Waals surface area contributed by atoms with Gasteiger partial charge in [-0.2, -0.15) is 0 Å². The van der Waals surface area contributed by atoms with Gasteiger partial charge in [0.1, 0.15) is 0 Å². The van der Waals surface area contributed by atoms with Gasteiger partial charge in [-0.1, -0.05) is 11.6 Å². The third kappa shape index (κ3) is 3.29. The van der Waals surface area contributed by atoms with Crippen LogP contribution in [0.3, 0.4) is 0 Å². The molecule has 1 aliphatic carbocycles. The van der Waals surface area contributed by atoms with E-state index in [1.165, 1.54) is 11.8 Å². The van der Waals surface area contributed by atoms with Crippen LogP contribution in [0.5, 0.6) is 0 Å². The number of nitrogens with zero attached hydrogens (tertiary/aromatic N) is 2. The Kier molecular flexibility index (Phi) is 4.47. The number of aldehydes is 1. The molecule has 2 N–H and O–H groups in total. The zero-order valence-corrected chi connectivity index (χ0v) is 12.7. The Morgan fingerprint density at radius 2 is 2.26 bits per heavy atom. The molecule has 0 spiro atoms. The smallest absolute Gasteiger partial charge is 0.153 e. The molecule has 0 bridgehead atoms. The first-order valence-corrected chi connectivity index (χ1v) is 7.51. The van der Waals surface area contributed by atoms with Crippen LogP contribution in [0.2, 0.25) is 0 Å². The molecule has 2 aromatic rings. The molecule has 0 radical (unpaired) electrons. The number of hydrogen-bond acceptors (Lipinski definition) is 4. The number of allylic oxidation sites excluding steroid dienone is 5. The highest BCUT2D eigenvalue weighted by Crippen LogP contribution is 2.23. The molecule has 5 heteroatoms. The van der Waals surface area contributed by atoms with Gasteiger partial charge >= 0.3 is 0 Å². The molecule has 0 amide bonds. The highest BCUT2D eigenvalue weighted by molar-refractivity contribution is 5.94. The molecular formula is C18H18N4O. The van der Waals surface area contributed by atoms with Gasteiger partial charge in [0, 0.05) is 37.1 Å². The summed E-state index contributed by atoms with van der Waals surface area (Å²) in [6.07, 6.45) is 15.2. The molecule has 23 heavy (non-hydrogen) atoms. The normalized spacial score (nSPS) is 14.6. The average Bonchev–Trinajstić information content (AvgIpc) is 2.95. The summed E-state index contributed by atoms with van der Waals surface area (Å²) in [5, 5.41) is 10.1. The van der Waals surface area contributed by atoms with Crippen molar-refractivity contribution in [3.63, 3.8) is 0 Å². The highest BCUT2D eigenvalue weighted by Gasteiger charge is 2.11. The number of fused-ring (bicyclic) bond motifs is 1. The second kappa shape index (κ2) is 6.87. The lowest BCUT2D eigenvalue weighted by molar-refractivity contribution is 0.112. The Morgan fingerprint density at radius 3 is 3.00 bits per heavy atom. The minimum atomic E-state index is 0.631. The second-order valence-electron chi connectivity index (χ2n) is 5.39. The Labute approximate surface area is 134 Å². The van der Waals surface area contributed by atoms with E-state index in [1.54, 1.807) is 18.5 Å². The second-order valence-corrected chi connectivity index (χ2v) is 5.39. The van der Waals surface area contributed by atoms with Crippen molar-refractivity contribution in [2.45, 2.75) is 19.4 Å². The van der Waals surface area contributed by atoms with E-state index in [9.17, 15) is 4.79 Å². The molecule has 5 nitrogen and oxygen atoms in total. The standard InChI is InChI=1S/C18H18N4O/c19-8-2-10-20-16-6-4-14(5-7-16)11-22-12-15(13-23)18-17(22)3-1-9-21-18/h1-4,6,8-10,12-13,19-20H,5,7,11H2/b10-2-,19-8?. The van der Waals surface area contributed by atoms with Crippen molar-refractivity contribution >= 4 is 23.5 Å². The van der Waals surface area contributed by atoms with Gasteiger partial charge in [-0.3, -0.25) is 9.78 Å². The van der Waals surface area contributed by atoms with Crippen LogP contribution in [-0.2, 0) is 6.54 Å². The number of aromatic nitrogens is 2. The van der Waals surface area contributed by atoms with Crippen molar-refractivity contribution in [1.82, 2.24) is 14.9 Å². The molecule has 0 aromatic carbocycles. The van der Waals surface area contributed by atoms with Crippen LogP contribution in [0.25, 0.3) is 11.0 Å². The van der Waals surface area contributed by atoms with Crippen molar-refractivity contribution < 1.29 is 4.79 Å². The van der Waals surface area contributed by atoms with E-state index >= 15 is 0 Å². The summed E-state index contributed by atoms with van der Waals surface area (Å²) in [7, 11) is 0. The molecule has 0 saturated heterocycles. The molecule has 0 atom stereocenters. The van der Waals surface area contributed by atoms with Crippen LogP contribution in [-0.4, -0.2) is 22.1 Å². The summed E-state index contributed by atoms with van der Waals surface area (Å²) < 4.78 is 2.08. The zero-order valence-electron chi connectivity index (χ0n) is 12.7. The number of rotatable bonds is 6. The number of hydrogen-bond donors (Lipinski definition) is 2. The molecule has 3 rings (SSSR count). The fourth-order valence-electron chi connectivity index (χ4n) is 2.72. The molecule has 0 fully saturated rings. The highest BCUT2D eigenvalue weighted by atomic mass is 16.1. The predicted molar refractivity (Wildman–Crippen MR) is 91.6 cm³/mol. The van der Waals surface area contributed by atoms with Gasteiger partial charge in [-0.25, -0.2) is 0 Å². The number of carbonyl (C=O) groups is 1. The van der Waals surface area contributed by atoms with Gasteiger partial charge in [0.2, 0.25) is 0 Å². The third-order valence-corrected chi connectivity index (χ3v) is 3.86. The van der Waals surface area contributed by atoms with Crippen molar-refractivity contribution in [2.24, 2.45) is 0 Å².